The van der Waals surface area contributed by atoms with Crippen LogP contribution in [0.15, 0.2) is 35.6 Å². The molecular weight excluding hydrogens is 220 g/mol. The van der Waals surface area contributed by atoms with Crippen LogP contribution < -0.4 is 5.73 Å². The number of aromatic nitrogens is 3. The van der Waals surface area contributed by atoms with Crippen molar-refractivity contribution in [3.05, 3.63) is 30.6 Å². The maximum atomic E-state index is 5.91. The molecule has 0 aliphatic carbocycles. The average Bonchev–Trinajstić information content (AvgIpc) is 2.69. The topological polar surface area (TPSA) is 56.7 Å². The standard InChI is InChI=1S/C11H14N4S/c1-2-7-16-11-8-10(12)15(14-11)9-3-5-13-6-4-9/h3-6,8H,2,7,12H2,1H3. The van der Waals surface area contributed by atoms with Crippen molar-refractivity contribution in [3.63, 3.8) is 0 Å². The SMILES string of the molecule is CCCSc1cc(N)n(-c2ccncc2)n1. The van der Waals surface area contributed by atoms with Crippen LogP contribution in [0.5, 0.6) is 0 Å². The summed E-state index contributed by atoms with van der Waals surface area (Å²) in [5, 5.41) is 5.41. The summed E-state index contributed by atoms with van der Waals surface area (Å²) in [5.41, 5.74) is 6.85. The number of nitrogens with two attached hydrogens (primary N) is 1. The van der Waals surface area contributed by atoms with Crippen LogP contribution in [0.2, 0.25) is 0 Å². The minimum Gasteiger partial charge on any atom is -0.384 e. The second-order valence-corrected chi connectivity index (χ2v) is 4.49. The summed E-state index contributed by atoms with van der Waals surface area (Å²) in [5.74, 6) is 1.72. The molecule has 2 N–H and O–H groups in total. The van der Waals surface area contributed by atoms with E-state index in [1.54, 1.807) is 28.8 Å². The van der Waals surface area contributed by atoms with Crippen molar-refractivity contribution < 1.29 is 0 Å². The van der Waals surface area contributed by atoms with Crippen molar-refractivity contribution in [2.24, 2.45) is 0 Å². The third-order valence-corrected chi connectivity index (χ3v) is 3.18. The molecule has 0 saturated carbocycles. The molecule has 0 fully saturated rings. The molecule has 0 radical (unpaired) electrons. The van der Waals surface area contributed by atoms with Crippen molar-refractivity contribution >= 4 is 17.6 Å². The van der Waals surface area contributed by atoms with Crippen LogP contribution in [0.1, 0.15) is 13.3 Å². The first-order valence-corrected chi connectivity index (χ1v) is 6.18. The van der Waals surface area contributed by atoms with Crippen LogP contribution in [-0.4, -0.2) is 20.5 Å². The molecule has 0 unspecified atom stereocenters. The van der Waals surface area contributed by atoms with E-state index in [1.807, 2.05) is 18.2 Å². The Morgan fingerprint density at radius 1 is 1.38 bits per heavy atom. The highest BCUT2D eigenvalue weighted by Crippen LogP contribution is 2.22. The van der Waals surface area contributed by atoms with Gasteiger partial charge in [-0.25, -0.2) is 4.68 Å². The fourth-order valence-electron chi connectivity index (χ4n) is 1.34. The van der Waals surface area contributed by atoms with E-state index in [4.69, 9.17) is 5.73 Å². The Morgan fingerprint density at radius 2 is 2.12 bits per heavy atom. The zero-order valence-corrected chi connectivity index (χ0v) is 9.94. The molecule has 0 aromatic carbocycles. The lowest BCUT2D eigenvalue weighted by atomic mass is 10.4. The highest BCUT2D eigenvalue weighted by molar-refractivity contribution is 7.99. The number of thioether (sulfide) groups is 1. The highest BCUT2D eigenvalue weighted by atomic mass is 32.2. The third-order valence-electron chi connectivity index (χ3n) is 2.08. The molecule has 0 aliphatic heterocycles. The van der Waals surface area contributed by atoms with Gasteiger partial charge in [0, 0.05) is 18.5 Å². The number of rotatable bonds is 4. The van der Waals surface area contributed by atoms with E-state index in [1.165, 1.54) is 0 Å². The van der Waals surface area contributed by atoms with E-state index in [-0.39, 0.29) is 0 Å². The van der Waals surface area contributed by atoms with E-state index in [9.17, 15) is 0 Å². The van der Waals surface area contributed by atoms with E-state index in [0.29, 0.717) is 5.82 Å². The maximum absolute atomic E-state index is 5.91. The summed E-state index contributed by atoms with van der Waals surface area (Å²) in [6.45, 7) is 2.15. The molecule has 2 rings (SSSR count). The first-order chi connectivity index (χ1) is 7.81. The van der Waals surface area contributed by atoms with E-state index >= 15 is 0 Å². The fourth-order valence-corrected chi connectivity index (χ4v) is 2.10. The van der Waals surface area contributed by atoms with Crippen molar-refractivity contribution in [1.29, 1.82) is 0 Å². The van der Waals surface area contributed by atoms with Crippen LogP contribution in [0.25, 0.3) is 5.69 Å². The van der Waals surface area contributed by atoms with Crippen molar-refractivity contribution in [2.75, 3.05) is 11.5 Å². The Morgan fingerprint density at radius 3 is 2.81 bits per heavy atom. The van der Waals surface area contributed by atoms with Gasteiger partial charge >= 0.3 is 0 Å². The summed E-state index contributed by atoms with van der Waals surface area (Å²) in [4.78, 5) is 3.97. The van der Waals surface area contributed by atoms with Gasteiger partial charge in [0.25, 0.3) is 0 Å². The van der Waals surface area contributed by atoms with Crippen LogP contribution >= 0.6 is 11.8 Å². The van der Waals surface area contributed by atoms with Gasteiger partial charge in [-0.05, 0) is 24.3 Å². The predicted octanol–water partition coefficient (Wildman–Crippen LogP) is 2.35. The Bertz CT molecular complexity index is 452. The second-order valence-electron chi connectivity index (χ2n) is 3.37. The Hall–Kier alpha value is -1.49. The molecule has 4 nitrogen and oxygen atoms in total. The number of pyridine rings is 1. The minimum absolute atomic E-state index is 0.657. The summed E-state index contributed by atoms with van der Waals surface area (Å²) >= 11 is 1.72. The van der Waals surface area contributed by atoms with Crippen molar-refractivity contribution in [2.45, 2.75) is 18.4 Å². The number of nitrogens with zero attached hydrogens (tertiary/aromatic N) is 3. The fraction of sp³-hybridized carbons (Fsp3) is 0.273. The molecule has 2 aromatic rings. The molecule has 0 saturated heterocycles. The van der Waals surface area contributed by atoms with Gasteiger partial charge in [-0.3, -0.25) is 4.98 Å². The molecule has 0 atom stereocenters. The first kappa shape index (κ1) is 11.0. The molecule has 0 spiro atoms. The van der Waals surface area contributed by atoms with Crippen LogP contribution in [0, 0.1) is 0 Å². The molecule has 16 heavy (non-hydrogen) atoms. The monoisotopic (exact) mass is 234 g/mol. The predicted molar refractivity (Wildman–Crippen MR) is 66.8 cm³/mol. The quantitative estimate of drug-likeness (QED) is 0.825. The molecule has 2 heterocycles. The zero-order valence-electron chi connectivity index (χ0n) is 9.13. The zero-order chi connectivity index (χ0) is 11.4. The molecule has 84 valence electrons. The van der Waals surface area contributed by atoms with Crippen molar-refractivity contribution in [1.82, 2.24) is 14.8 Å². The summed E-state index contributed by atoms with van der Waals surface area (Å²) in [6, 6.07) is 5.68. The molecule has 0 bridgehead atoms. The van der Waals surface area contributed by atoms with Crippen molar-refractivity contribution in [3.8, 4) is 5.69 Å². The van der Waals surface area contributed by atoms with Gasteiger partial charge in [0.2, 0.25) is 0 Å². The normalized spacial score (nSPS) is 10.6. The van der Waals surface area contributed by atoms with Crippen LogP contribution in [0.4, 0.5) is 5.82 Å². The largest absolute Gasteiger partial charge is 0.384 e. The van der Waals surface area contributed by atoms with Gasteiger partial charge in [-0.1, -0.05) is 6.92 Å². The molecule has 2 aromatic heterocycles. The van der Waals surface area contributed by atoms with E-state index in [2.05, 4.69) is 17.0 Å². The van der Waals surface area contributed by atoms with E-state index in [0.717, 1.165) is 22.9 Å². The molecule has 0 amide bonds. The van der Waals surface area contributed by atoms with Gasteiger partial charge in [0.05, 0.1) is 5.69 Å². The summed E-state index contributed by atoms with van der Waals surface area (Å²) in [7, 11) is 0. The van der Waals surface area contributed by atoms with Gasteiger partial charge in [0.1, 0.15) is 10.8 Å². The minimum atomic E-state index is 0.657. The van der Waals surface area contributed by atoms with Crippen LogP contribution in [-0.2, 0) is 0 Å². The Labute approximate surface area is 98.9 Å². The van der Waals surface area contributed by atoms with Gasteiger partial charge in [0.15, 0.2) is 0 Å². The number of hydrogen-bond acceptors (Lipinski definition) is 4. The molecular formula is C11H14N4S. The number of hydrogen-bond donors (Lipinski definition) is 1. The summed E-state index contributed by atoms with van der Waals surface area (Å²) < 4.78 is 1.74. The van der Waals surface area contributed by atoms with E-state index < -0.39 is 0 Å². The lowest BCUT2D eigenvalue weighted by Crippen LogP contribution is -2.01. The van der Waals surface area contributed by atoms with Gasteiger partial charge in [-0.15, -0.1) is 11.8 Å². The molecule has 0 aliphatic rings. The van der Waals surface area contributed by atoms with Gasteiger partial charge < -0.3 is 5.73 Å². The number of anilines is 1. The second kappa shape index (κ2) is 5.03. The Balaban J connectivity index is 2.25. The average molecular weight is 234 g/mol. The summed E-state index contributed by atoms with van der Waals surface area (Å²) in [6.07, 6.45) is 4.59. The Kier molecular flexibility index (Phi) is 3.46. The first-order valence-electron chi connectivity index (χ1n) is 5.20. The lowest BCUT2D eigenvalue weighted by molar-refractivity contribution is 0.843. The van der Waals surface area contributed by atoms with Crippen LogP contribution in [0.3, 0.4) is 0 Å². The maximum Gasteiger partial charge on any atom is 0.128 e. The van der Waals surface area contributed by atoms with Gasteiger partial charge in [-0.2, -0.15) is 5.10 Å². The third kappa shape index (κ3) is 2.36. The smallest absolute Gasteiger partial charge is 0.128 e. The lowest BCUT2D eigenvalue weighted by Gasteiger charge is -2.01. The highest BCUT2D eigenvalue weighted by Gasteiger charge is 2.06. The molecule has 5 heteroatoms. The number of nitrogen functional groups attached to an aromatic ring is 1.